The van der Waals surface area contributed by atoms with Gasteiger partial charge < -0.3 is 19.0 Å². The SMILES string of the molecule is COc1ccc(CCC(=O)N2CCN(c3ccc(-c4ccco4)nn3)CC2)cc1. The molecule has 0 bridgehead atoms. The molecule has 0 N–H and O–H groups in total. The number of piperazine rings is 1. The Kier molecular flexibility index (Phi) is 5.74. The lowest BCUT2D eigenvalue weighted by Gasteiger charge is -2.35. The number of hydrogen-bond donors (Lipinski definition) is 0. The lowest BCUT2D eigenvalue weighted by molar-refractivity contribution is -0.131. The number of aromatic nitrogens is 2. The van der Waals surface area contributed by atoms with E-state index in [1.165, 1.54) is 0 Å². The number of ether oxygens (including phenoxy) is 1. The Hall–Kier alpha value is -3.35. The number of hydrogen-bond acceptors (Lipinski definition) is 6. The lowest BCUT2D eigenvalue weighted by Crippen LogP contribution is -2.49. The van der Waals surface area contributed by atoms with Crippen molar-refractivity contribution in [2.24, 2.45) is 0 Å². The molecule has 0 spiro atoms. The number of rotatable bonds is 6. The number of aryl methyl sites for hydroxylation is 1. The van der Waals surface area contributed by atoms with E-state index in [-0.39, 0.29) is 5.91 Å². The van der Waals surface area contributed by atoms with Gasteiger partial charge in [-0.1, -0.05) is 12.1 Å². The highest BCUT2D eigenvalue weighted by atomic mass is 16.5. The molecule has 0 saturated carbocycles. The Labute approximate surface area is 169 Å². The van der Waals surface area contributed by atoms with E-state index in [4.69, 9.17) is 9.15 Å². The van der Waals surface area contributed by atoms with Crippen LogP contribution in [0.5, 0.6) is 5.75 Å². The van der Waals surface area contributed by atoms with Crippen LogP contribution < -0.4 is 9.64 Å². The first-order valence-corrected chi connectivity index (χ1v) is 9.76. The van der Waals surface area contributed by atoms with Crippen molar-refractivity contribution in [3.63, 3.8) is 0 Å². The van der Waals surface area contributed by atoms with Gasteiger partial charge in [0.15, 0.2) is 11.6 Å². The maximum absolute atomic E-state index is 12.6. The number of carbonyl (C=O) groups excluding carboxylic acids is 1. The molecule has 1 aromatic carbocycles. The molecule has 1 aliphatic rings. The highest BCUT2D eigenvalue weighted by Crippen LogP contribution is 2.20. The van der Waals surface area contributed by atoms with Crippen LogP contribution in [0.2, 0.25) is 0 Å². The zero-order valence-corrected chi connectivity index (χ0v) is 16.5. The summed E-state index contributed by atoms with van der Waals surface area (Å²) in [5, 5.41) is 8.57. The van der Waals surface area contributed by atoms with E-state index in [1.807, 2.05) is 53.4 Å². The smallest absolute Gasteiger partial charge is 0.223 e. The van der Waals surface area contributed by atoms with Crippen LogP contribution in [-0.2, 0) is 11.2 Å². The summed E-state index contributed by atoms with van der Waals surface area (Å²) in [6.07, 6.45) is 2.88. The minimum absolute atomic E-state index is 0.194. The van der Waals surface area contributed by atoms with Crippen molar-refractivity contribution in [1.29, 1.82) is 0 Å². The Balaban J connectivity index is 1.26. The van der Waals surface area contributed by atoms with Crippen molar-refractivity contribution in [1.82, 2.24) is 15.1 Å². The third-order valence-electron chi connectivity index (χ3n) is 5.17. The number of methoxy groups -OCH3 is 1. The van der Waals surface area contributed by atoms with Gasteiger partial charge in [-0.3, -0.25) is 4.79 Å². The third kappa shape index (κ3) is 4.56. The van der Waals surface area contributed by atoms with Gasteiger partial charge in [0.05, 0.1) is 13.4 Å². The van der Waals surface area contributed by atoms with E-state index in [2.05, 4.69) is 15.1 Å². The molecule has 2 aromatic heterocycles. The fourth-order valence-corrected chi connectivity index (χ4v) is 3.44. The van der Waals surface area contributed by atoms with Gasteiger partial charge in [-0.05, 0) is 48.4 Å². The second-order valence-electron chi connectivity index (χ2n) is 6.97. The van der Waals surface area contributed by atoms with Crippen LogP contribution in [0.25, 0.3) is 11.5 Å². The van der Waals surface area contributed by atoms with Crippen LogP contribution >= 0.6 is 0 Å². The van der Waals surface area contributed by atoms with Crippen molar-refractivity contribution in [2.75, 3.05) is 38.2 Å². The van der Waals surface area contributed by atoms with Gasteiger partial charge in [0, 0.05) is 32.6 Å². The van der Waals surface area contributed by atoms with Crippen LogP contribution in [0.15, 0.2) is 59.2 Å². The third-order valence-corrected chi connectivity index (χ3v) is 5.17. The molecule has 1 aliphatic heterocycles. The average molecular weight is 392 g/mol. The maximum atomic E-state index is 12.6. The first-order valence-electron chi connectivity index (χ1n) is 9.76. The molecular formula is C22H24N4O3. The fourth-order valence-electron chi connectivity index (χ4n) is 3.44. The molecule has 1 fully saturated rings. The number of anilines is 1. The minimum Gasteiger partial charge on any atom is -0.497 e. The summed E-state index contributed by atoms with van der Waals surface area (Å²) in [6.45, 7) is 2.90. The molecule has 7 nitrogen and oxygen atoms in total. The van der Waals surface area contributed by atoms with Crippen LogP contribution in [0.1, 0.15) is 12.0 Å². The topological polar surface area (TPSA) is 71.7 Å². The summed E-state index contributed by atoms with van der Waals surface area (Å²) < 4.78 is 10.5. The normalized spacial score (nSPS) is 14.1. The molecule has 4 rings (SSSR count). The molecule has 0 atom stereocenters. The standard InChI is InChI=1S/C22H24N4O3/c1-28-18-7-4-17(5-8-18)6-11-22(27)26-14-12-25(13-15-26)21-10-9-19(23-24-21)20-3-2-16-29-20/h2-5,7-10,16H,6,11-15H2,1H3. The molecule has 29 heavy (non-hydrogen) atoms. The monoisotopic (exact) mass is 392 g/mol. The van der Waals surface area contributed by atoms with Gasteiger partial charge in [-0.15, -0.1) is 10.2 Å². The Bertz CT molecular complexity index is 916. The van der Waals surface area contributed by atoms with Gasteiger partial charge in [-0.25, -0.2) is 0 Å². The second-order valence-corrected chi connectivity index (χ2v) is 6.97. The van der Waals surface area contributed by atoms with E-state index in [1.54, 1.807) is 13.4 Å². The summed E-state index contributed by atoms with van der Waals surface area (Å²) >= 11 is 0. The first-order chi connectivity index (χ1) is 14.2. The molecule has 150 valence electrons. The molecule has 3 heterocycles. The van der Waals surface area contributed by atoms with E-state index in [0.29, 0.717) is 31.0 Å². The zero-order valence-electron chi connectivity index (χ0n) is 16.5. The summed E-state index contributed by atoms with van der Waals surface area (Å²) in [7, 11) is 1.65. The molecule has 1 saturated heterocycles. The van der Waals surface area contributed by atoms with E-state index < -0.39 is 0 Å². The van der Waals surface area contributed by atoms with Gasteiger partial charge in [-0.2, -0.15) is 0 Å². The summed E-state index contributed by atoms with van der Waals surface area (Å²) in [4.78, 5) is 16.7. The van der Waals surface area contributed by atoms with E-state index in [0.717, 1.165) is 36.6 Å². The van der Waals surface area contributed by atoms with Crippen LogP contribution in [-0.4, -0.2) is 54.3 Å². The molecular weight excluding hydrogens is 368 g/mol. The molecule has 0 unspecified atom stereocenters. The molecule has 0 aliphatic carbocycles. The fraction of sp³-hybridized carbons (Fsp3) is 0.318. The number of amides is 1. The van der Waals surface area contributed by atoms with E-state index >= 15 is 0 Å². The van der Waals surface area contributed by atoms with Crippen molar-refractivity contribution in [3.05, 3.63) is 60.4 Å². The molecule has 0 radical (unpaired) electrons. The van der Waals surface area contributed by atoms with Gasteiger partial charge >= 0.3 is 0 Å². The summed E-state index contributed by atoms with van der Waals surface area (Å²) in [6, 6.07) is 15.4. The first kappa shape index (κ1) is 19.0. The van der Waals surface area contributed by atoms with Crippen molar-refractivity contribution >= 4 is 11.7 Å². The molecule has 1 amide bonds. The molecule has 7 heteroatoms. The Morgan fingerprint density at radius 2 is 1.83 bits per heavy atom. The number of benzene rings is 1. The van der Waals surface area contributed by atoms with Gasteiger partial charge in [0.1, 0.15) is 11.4 Å². The number of carbonyl (C=O) groups is 1. The van der Waals surface area contributed by atoms with Gasteiger partial charge in [0.25, 0.3) is 0 Å². The summed E-state index contributed by atoms with van der Waals surface area (Å²) in [5.41, 5.74) is 1.86. The second kappa shape index (κ2) is 8.77. The average Bonchev–Trinajstić information content (AvgIpc) is 3.33. The van der Waals surface area contributed by atoms with Crippen LogP contribution in [0.3, 0.4) is 0 Å². The van der Waals surface area contributed by atoms with Crippen LogP contribution in [0, 0.1) is 0 Å². The highest BCUT2D eigenvalue weighted by molar-refractivity contribution is 5.76. The van der Waals surface area contributed by atoms with Crippen LogP contribution in [0.4, 0.5) is 5.82 Å². The maximum Gasteiger partial charge on any atom is 0.223 e. The largest absolute Gasteiger partial charge is 0.497 e. The van der Waals surface area contributed by atoms with Crippen molar-refractivity contribution < 1.29 is 13.9 Å². The van der Waals surface area contributed by atoms with Gasteiger partial charge in [0.2, 0.25) is 5.91 Å². The Morgan fingerprint density at radius 1 is 1.03 bits per heavy atom. The number of furan rings is 1. The summed E-state index contributed by atoms with van der Waals surface area (Å²) in [5.74, 6) is 2.55. The van der Waals surface area contributed by atoms with Crippen molar-refractivity contribution in [2.45, 2.75) is 12.8 Å². The highest BCUT2D eigenvalue weighted by Gasteiger charge is 2.22. The zero-order chi connectivity index (χ0) is 20.1. The minimum atomic E-state index is 0.194. The Morgan fingerprint density at radius 3 is 2.45 bits per heavy atom. The predicted octanol–water partition coefficient (Wildman–Crippen LogP) is 3.03. The van der Waals surface area contributed by atoms with Crippen molar-refractivity contribution in [3.8, 4) is 17.2 Å². The van der Waals surface area contributed by atoms with E-state index in [9.17, 15) is 4.79 Å². The number of nitrogens with zero attached hydrogens (tertiary/aromatic N) is 4. The lowest BCUT2D eigenvalue weighted by atomic mass is 10.1. The molecule has 3 aromatic rings. The predicted molar refractivity (Wildman–Crippen MR) is 110 cm³/mol. The quantitative estimate of drug-likeness (QED) is 0.642.